The Morgan fingerprint density at radius 1 is 1.47 bits per heavy atom. The lowest BCUT2D eigenvalue weighted by Gasteiger charge is -2.33. The summed E-state index contributed by atoms with van der Waals surface area (Å²) in [6.45, 7) is 0.607. The van der Waals surface area contributed by atoms with E-state index < -0.39 is 5.41 Å². The van der Waals surface area contributed by atoms with Gasteiger partial charge in [-0.2, -0.15) is 5.26 Å². The van der Waals surface area contributed by atoms with Crippen LogP contribution in [0.3, 0.4) is 0 Å². The van der Waals surface area contributed by atoms with Crippen LogP contribution < -0.4 is 5.32 Å². The molecule has 0 aliphatic heterocycles. The summed E-state index contributed by atoms with van der Waals surface area (Å²) in [5, 5.41) is 12.1. The highest BCUT2D eigenvalue weighted by atomic mass is 16.5. The normalized spacial score (nSPS) is 16.2. The van der Waals surface area contributed by atoms with E-state index in [0.29, 0.717) is 19.4 Å². The van der Waals surface area contributed by atoms with Crippen LogP contribution in [0.2, 0.25) is 0 Å². The Kier molecular flexibility index (Phi) is 4.18. The van der Waals surface area contributed by atoms with Crippen molar-refractivity contribution in [2.24, 2.45) is 5.41 Å². The maximum absolute atomic E-state index is 12.2. The molecule has 0 atom stereocenters. The summed E-state index contributed by atoms with van der Waals surface area (Å²) in [4.78, 5) is 12.2. The fourth-order valence-corrected chi connectivity index (χ4v) is 2.23. The van der Waals surface area contributed by atoms with E-state index in [1.165, 1.54) is 0 Å². The van der Waals surface area contributed by atoms with Gasteiger partial charge in [0.25, 0.3) is 0 Å². The number of amides is 1. The Balaban J connectivity index is 2.10. The zero-order valence-corrected chi connectivity index (χ0v) is 11.1. The molecule has 0 unspecified atom stereocenters. The van der Waals surface area contributed by atoms with E-state index in [1.807, 2.05) is 24.3 Å². The highest BCUT2D eigenvalue weighted by Crippen LogP contribution is 2.41. The third-order valence-corrected chi connectivity index (χ3v) is 3.70. The average molecular weight is 258 g/mol. The molecule has 1 N–H and O–H groups in total. The summed E-state index contributed by atoms with van der Waals surface area (Å²) in [6.07, 6.45) is 3.02. The van der Waals surface area contributed by atoms with Crippen molar-refractivity contribution in [1.82, 2.24) is 0 Å². The number of ether oxygens (including phenoxy) is 1. The highest BCUT2D eigenvalue weighted by molar-refractivity contribution is 5.98. The first-order valence-electron chi connectivity index (χ1n) is 6.51. The van der Waals surface area contributed by atoms with Crippen LogP contribution in [0.4, 0.5) is 5.69 Å². The third kappa shape index (κ3) is 2.77. The fraction of sp³-hybridized carbons (Fsp3) is 0.467. The number of anilines is 1. The topological polar surface area (TPSA) is 62.1 Å². The number of hydrogen-bond donors (Lipinski definition) is 1. The van der Waals surface area contributed by atoms with Crippen LogP contribution in [0.5, 0.6) is 0 Å². The molecule has 1 aromatic carbocycles. The monoisotopic (exact) mass is 258 g/mol. The summed E-state index contributed by atoms with van der Waals surface area (Å²) in [6, 6.07) is 9.81. The van der Waals surface area contributed by atoms with Gasteiger partial charge in [-0.25, -0.2) is 0 Å². The molecule has 1 fully saturated rings. The van der Waals surface area contributed by atoms with Gasteiger partial charge in [-0.3, -0.25) is 4.79 Å². The molecule has 1 amide bonds. The van der Waals surface area contributed by atoms with Crippen molar-refractivity contribution in [2.75, 3.05) is 19.0 Å². The Morgan fingerprint density at radius 3 is 2.79 bits per heavy atom. The van der Waals surface area contributed by atoms with Crippen molar-refractivity contribution in [3.05, 3.63) is 29.8 Å². The molecule has 0 spiro atoms. The van der Waals surface area contributed by atoms with E-state index in [4.69, 9.17) is 10.00 Å². The van der Waals surface area contributed by atoms with Crippen molar-refractivity contribution in [1.29, 1.82) is 5.26 Å². The molecule has 0 bridgehead atoms. The molecule has 1 aromatic rings. The predicted octanol–water partition coefficient (Wildman–Crippen LogP) is 2.51. The Morgan fingerprint density at radius 2 is 2.21 bits per heavy atom. The minimum atomic E-state index is -0.811. The van der Waals surface area contributed by atoms with Gasteiger partial charge in [-0.1, -0.05) is 18.2 Å². The van der Waals surface area contributed by atoms with Crippen LogP contribution in [0.15, 0.2) is 24.3 Å². The number of methoxy groups -OCH3 is 1. The first-order valence-corrected chi connectivity index (χ1v) is 6.51. The van der Waals surface area contributed by atoms with Crippen molar-refractivity contribution in [3.63, 3.8) is 0 Å². The molecule has 0 saturated heterocycles. The molecule has 1 aliphatic rings. The van der Waals surface area contributed by atoms with Gasteiger partial charge in [0.05, 0.1) is 12.7 Å². The van der Waals surface area contributed by atoms with E-state index in [-0.39, 0.29) is 5.91 Å². The Labute approximate surface area is 113 Å². The van der Waals surface area contributed by atoms with Crippen LogP contribution >= 0.6 is 0 Å². The van der Waals surface area contributed by atoms with Gasteiger partial charge in [0.15, 0.2) is 0 Å². The number of carbonyl (C=O) groups excluding carboxylic acids is 1. The molecule has 0 heterocycles. The highest BCUT2D eigenvalue weighted by Gasteiger charge is 2.44. The molecule has 19 heavy (non-hydrogen) atoms. The van der Waals surface area contributed by atoms with Crippen LogP contribution in [0.25, 0.3) is 0 Å². The first kappa shape index (κ1) is 13.6. The summed E-state index contributed by atoms with van der Waals surface area (Å²) in [5.41, 5.74) is 1.00. The second-order valence-corrected chi connectivity index (χ2v) is 4.90. The second-order valence-electron chi connectivity index (χ2n) is 4.90. The summed E-state index contributed by atoms with van der Waals surface area (Å²) in [5.74, 6) is -0.175. The standard InChI is InChI=1S/C15H18N2O2/c1-19-10-7-12-5-2-3-6-13(12)17-14(18)15(11-16)8-4-9-15/h2-3,5-6H,4,7-10H2,1H3,(H,17,18). The quantitative estimate of drug-likeness (QED) is 0.882. The molecule has 4 nitrogen and oxygen atoms in total. The SMILES string of the molecule is COCCc1ccccc1NC(=O)C1(C#N)CCC1. The number of nitrogens with one attached hydrogen (secondary N) is 1. The Bertz CT molecular complexity index is 501. The summed E-state index contributed by atoms with van der Waals surface area (Å²) < 4.78 is 5.06. The molecular weight excluding hydrogens is 240 g/mol. The van der Waals surface area contributed by atoms with Crippen molar-refractivity contribution in [3.8, 4) is 6.07 Å². The van der Waals surface area contributed by atoms with E-state index in [1.54, 1.807) is 7.11 Å². The number of rotatable bonds is 5. The molecule has 1 saturated carbocycles. The maximum atomic E-state index is 12.2. The smallest absolute Gasteiger partial charge is 0.244 e. The van der Waals surface area contributed by atoms with Crippen LogP contribution in [0, 0.1) is 16.7 Å². The van der Waals surface area contributed by atoms with Crippen molar-refractivity contribution >= 4 is 11.6 Å². The van der Waals surface area contributed by atoms with Crippen LogP contribution in [0.1, 0.15) is 24.8 Å². The number of benzene rings is 1. The third-order valence-electron chi connectivity index (χ3n) is 3.70. The second kappa shape index (κ2) is 5.85. The van der Waals surface area contributed by atoms with Crippen LogP contribution in [-0.2, 0) is 16.0 Å². The average Bonchev–Trinajstić information content (AvgIpc) is 2.37. The predicted molar refractivity (Wildman–Crippen MR) is 72.5 cm³/mol. The lowest BCUT2D eigenvalue weighted by molar-refractivity contribution is -0.126. The lowest BCUT2D eigenvalue weighted by atomic mass is 9.69. The minimum Gasteiger partial charge on any atom is -0.384 e. The molecule has 100 valence electrons. The summed E-state index contributed by atoms with van der Waals surface area (Å²) >= 11 is 0. The fourth-order valence-electron chi connectivity index (χ4n) is 2.23. The van der Waals surface area contributed by atoms with Crippen molar-refractivity contribution < 1.29 is 9.53 Å². The zero-order chi connectivity index (χ0) is 13.7. The van der Waals surface area contributed by atoms with Crippen molar-refractivity contribution in [2.45, 2.75) is 25.7 Å². The molecule has 2 rings (SSSR count). The number of nitrogens with zero attached hydrogens (tertiary/aromatic N) is 1. The van der Waals surface area contributed by atoms with E-state index in [0.717, 1.165) is 24.1 Å². The largest absolute Gasteiger partial charge is 0.384 e. The van der Waals surface area contributed by atoms with Gasteiger partial charge in [0.1, 0.15) is 5.41 Å². The Hall–Kier alpha value is -1.86. The number of nitriles is 1. The van der Waals surface area contributed by atoms with Gasteiger partial charge < -0.3 is 10.1 Å². The first-order chi connectivity index (χ1) is 9.22. The number of carbonyl (C=O) groups is 1. The summed E-state index contributed by atoms with van der Waals surface area (Å²) in [7, 11) is 1.65. The van der Waals surface area contributed by atoms with E-state index in [2.05, 4.69) is 11.4 Å². The van der Waals surface area contributed by atoms with Gasteiger partial charge >= 0.3 is 0 Å². The number of hydrogen-bond acceptors (Lipinski definition) is 3. The molecule has 0 aromatic heterocycles. The maximum Gasteiger partial charge on any atom is 0.244 e. The van der Waals surface area contributed by atoms with Gasteiger partial charge in [-0.05, 0) is 37.3 Å². The molecule has 1 aliphatic carbocycles. The lowest BCUT2D eigenvalue weighted by Crippen LogP contribution is -2.40. The van der Waals surface area contributed by atoms with Crippen LogP contribution in [-0.4, -0.2) is 19.6 Å². The van der Waals surface area contributed by atoms with E-state index in [9.17, 15) is 4.79 Å². The van der Waals surface area contributed by atoms with Gasteiger partial charge in [0, 0.05) is 12.8 Å². The molecule has 4 heteroatoms. The van der Waals surface area contributed by atoms with Gasteiger partial charge in [0.2, 0.25) is 5.91 Å². The van der Waals surface area contributed by atoms with Gasteiger partial charge in [-0.15, -0.1) is 0 Å². The molecular formula is C15H18N2O2. The number of para-hydroxylation sites is 1. The zero-order valence-electron chi connectivity index (χ0n) is 11.1. The van der Waals surface area contributed by atoms with E-state index >= 15 is 0 Å². The molecule has 0 radical (unpaired) electrons. The minimum absolute atomic E-state index is 0.175.